The molecule has 2 N–H and O–H groups in total. The predicted molar refractivity (Wildman–Crippen MR) is 86.0 cm³/mol. The smallest absolute Gasteiger partial charge is 0.254 e. The Morgan fingerprint density at radius 2 is 1.95 bits per heavy atom. The van der Waals surface area contributed by atoms with Crippen molar-refractivity contribution in [2.45, 2.75) is 25.3 Å². The Morgan fingerprint density at radius 3 is 2.71 bits per heavy atom. The number of hydrogen-bond donors (Lipinski definition) is 1. The standard InChI is InChI=1S/C15H19Cl2N3O/c16-12-7-10(8-13(18)14(12)17)15(21)20-6-2-5-19-4-1-3-11(19)9-20/h7-8,11H,1-6,9,18H2. The highest BCUT2D eigenvalue weighted by atomic mass is 35.5. The van der Waals surface area contributed by atoms with Gasteiger partial charge in [-0.25, -0.2) is 0 Å². The Bertz CT molecular complexity index is 541. The molecule has 0 saturated carbocycles. The number of rotatable bonds is 1. The van der Waals surface area contributed by atoms with Crippen LogP contribution in [0.4, 0.5) is 5.69 Å². The Hall–Kier alpha value is -0.970. The molecule has 2 aliphatic rings. The first-order valence-corrected chi connectivity index (χ1v) is 8.09. The average molecular weight is 328 g/mol. The number of anilines is 1. The minimum Gasteiger partial charge on any atom is -0.397 e. The summed E-state index contributed by atoms with van der Waals surface area (Å²) in [6, 6.07) is 3.73. The van der Waals surface area contributed by atoms with Gasteiger partial charge < -0.3 is 10.6 Å². The van der Waals surface area contributed by atoms with Crippen LogP contribution < -0.4 is 5.73 Å². The number of carbonyl (C=O) groups excluding carboxylic acids is 1. The highest BCUT2D eigenvalue weighted by Crippen LogP contribution is 2.30. The van der Waals surface area contributed by atoms with E-state index in [4.69, 9.17) is 28.9 Å². The molecule has 0 radical (unpaired) electrons. The molecule has 3 rings (SSSR count). The fourth-order valence-electron chi connectivity index (χ4n) is 3.31. The van der Waals surface area contributed by atoms with E-state index in [2.05, 4.69) is 4.90 Å². The third-order valence-electron chi connectivity index (χ3n) is 4.39. The molecule has 1 aromatic rings. The van der Waals surface area contributed by atoms with Crippen LogP contribution in [0.1, 0.15) is 29.6 Å². The highest BCUT2D eigenvalue weighted by Gasteiger charge is 2.31. The second-order valence-electron chi connectivity index (χ2n) is 5.80. The topological polar surface area (TPSA) is 49.6 Å². The van der Waals surface area contributed by atoms with E-state index in [0.717, 1.165) is 32.6 Å². The van der Waals surface area contributed by atoms with E-state index in [0.29, 0.717) is 27.3 Å². The maximum atomic E-state index is 12.7. The fourth-order valence-corrected chi connectivity index (χ4v) is 3.64. The van der Waals surface area contributed by atoms with Gasteiger partial charge in [0.15, 0.2) is 0 Å². The van der Waals surface area contributed by atoms with Crippen molar-refractivity contribution in [2.75, 3.05) is 31.9 Å². The number of halogens is 2. The van der Waals surface area contributed by atoms with Crippen LogP contribution in [-0.4, -0.2) is 47.9 Å². The number of benzene rings is 1. The number of hydrogen-bond acceptors (Lipinski definition) is 3. The molecular weight excluding hydrogens is 309 g/mol. The first-order chi connectivity index (χ1) is 10.1. The predicted octanol–water partition coefficient (Wildman–Crippen LogP) is 2.89. The zero-order valence-corrected chi connectivity index (χ0v) is 13.3. The summed E-state index contributed by atoms with van der Waals surface area (Å²) >= 11 is 12.0. The highest BCUT2D eigenvalue weighted by molar-refractivity contribution is 6.43. The monoisotopic (exact) mass is 327 g/mol. The Morgan fingerprint density at radius 1 is 1.19 bits per heavy atom. The van der Waals surface area contributed by atoms with Gasteiger partial charge in [0, 0.05) is 31.2 Å². The van der Waals surface area contributed by atoms with Crippen LogP contribution in [0.25, 0.3) is 0 Å². The molecular formula is C15H19Cl2N3O. The van der Waals surface area contributed by atoms with E-state index in [9.17, 15) is 4.79 Å². The molecule has 2 heterocycles. The molecule has 2 fully saturated rings. The number of amides is 1. The molecule has 1 aromatic carbocycles. The van der Waals surface area contributed by atoms with Gasteiger partial charge in [0.1, 0.15) is 0 Å². The van der Waals surface area contributed by atoms with Crippen molar-refractivity contribution in [3.05, 3.63) is 27.7 Å². The molecule has 4 nitrogen and oxygen atoms in total. The summed E-state index contributed by atoms with van der Waals surface area (Å²) in [5, 5.41) is 0.642. The molecule has 2 saturated heterocycles. The molecule has 21 heavy (non-hydrogen) atoms. The lowest BCUT2D eigenvalue weighted by Gasteiger charge is -2.26. The van der Waals surface area contributed by atoms with Crippen molar-refractivity contribution in [1.29, 1.82) is 0 Å². The first-order valence-electron chi connectivity index (χ1n) is 7.34. The number of fused-ring (bicyclic) bond motifs is 1. The van der Waals surface area contributed by atoms with Gasteiger partial charge in [-0.15, -0.1) is 0 Å². The minimum absolute atomic E-state index is 0.00554. The molecule has 0 aliphatic carbocycles. The second-order valence-corrected chi connectivity index (χ2v) is 6.58. The van der Waals surface area contributed by atoms with Gasteiger partial charge in [-0.3, -0.25) is 9.69 Å². The van der Waals surface area contributed by atoms with Crippen LogP contribution >= 0.6 is 23.2 Å². The summed E-state index contributed by atoms with van der Waals surface area (Å²) in [6.45, 7) is 3.81. The number of nitrogens with zero attached hydrogens (tertiary/aromatic N) is 2. The van der Waals surface area contributed by atoms with Gasteiger partial charge in [0.05, 0.1) is 15.7 Å². The van der Waals surface area contributed by atoms with Crippen molar-refractivity contribution in [3.8, 4) is 0 Å². The SMILES string of the molecule is Nc1cc(C(=O)N2CCCN3CCCC3C2)cc(Cl)c1Cl. The molecule has 0 spiro atoms. The fraction of sp³-hybridized carbons (Fsp3) is 0.533. The van der Waals surface area contributed by atoms with E-state index in [-0.39, 0.29) is 5.91 Å². The lowest BCUT2D eigenvalue weighted by atomic mass is 10.1. The molecule has 1 atom stereocenters. The van der Waals surface area contributed by atoms with E-state index in [1.165, 1.54) is 12.8 Å². The number of nitrogens with two attached hydrogens (primary N) is 1. The van der Waals surface area contributed by atoms with Gasteiger partial charge in [0.25, 0.3) is 5.91 Å². The van der Waals surface area contributed by atoms with Crippen LogP contribution in [0.3, 0.4) is 0 Å². The first kappa shape index (κ1) is 14.9. The third kappa shape index (κ3) is 2.98. The summed E-state index contributed by atoms with van der Waals surface area (Å²) in [6.07, 6.45) is 3.42. The van der Waals surface area contributed by atoms with E-state index in [1.54, 1.807) is 12.1 Å². The van der Waals surface area contributed by atoms with E-state index >= 15 is 0 Å². The van der Waals surface area contributed by atoms with Crippen molar-refractivity contribution in [3.63, 3.8) is 0 Å². The lowest BCUT2D eigenvalue weighted by Crippen LogP contribution is -2.39. The summed E-state index contributed by atoms with van der Waals surface area (Å²) < 4.78 is 0. The maximum absolute atomic E-state index is 12.7. The van der Waals surface area contributed by atoms with Crippen molar-refractivity contribution in [1.82, 2.24) is 9.80 Å². The number of carbonyl (C=O) groups is 1. The van der Waals surface area contributed by atoms with Crippen LogP contribution in [0, 0.1) is 0 Å². The van der Waals surface area contributed by atoms with Crippen molar-refractivity contribution >= 4 is 34.8 Å². The Kier molecular flexibility index (Phi) is 4.29. The summed E-state index contributed by atoms with van der Waals surface area (Å²) in [5.74, 6) is -0.00554. The van der Waals surface area contributed by atoms with Crippen molar-refractivity contribution < 1.29 is 4.79 Å². The normalized spacial score (nSPS) is 23.0. The molecule has 114 valence electrons. The molecule has 0 aromatic heterocycles. The third-order valence-corrected chi connectivity index (χ3v) is 5.21. The van der Waals surface area contributed by atoms with Gasteiger partial charge >= 0.3 is 0 Å². The van der Waals surface area contributed by atoms with E-state index < -0.39 is 0 Å². The van der Waals surface area contributed by atoms with Crippen LogP contribution in [-0.2, 0) is 0 Å². The molecule has 2 aliphatic heterocycles. The second kappa shape index (κ2) is 6.03. The molecule has 6 heteroatoms. The van der Waals surface area contributed by atoms with Crippen LogP contribution in [0.5, 0.6) is 0 Å². The van der Waals surface area contributed by atoms with Gasteiger partial charge in [0.2, 0.25) is 0 Å². The van der Waals surface area contributed by atoms with Crippen LogP contribution in [0.15, 0.2) is 12.1 Å². The maximum Gasteiger partial charge on any atom is 0.254 e. The van der Waals surface area contributed by atoms with Gasteiger partial charge in [-0.1, -0.05) is 23.2 Å². The van der Waals surface area contributed by atoms with E-state index in [1.807, 2.05) is 4.90 Å². The molecule has 1 unspecified atom stereocenters. The Balaban J connectivity index is 1.81. The molecule has 1 amide bonds. The lowest BCUT2D eigenvalue weighted by molar-refractivity contribution is 0.0743. The molecule has 0 bridgehead atoms. The largest absolute Gasteiger partial charge is 0.397 e. The zero-order valence-electron chi connectivity index (χ0n) is 11.8. The summed E-state index contributed by atoms with van der Waals surface area (Å²) in [4.78, 5) is 17.1. The minimum atomic E-state index is -0.00554. The summed E-state index contributed by atoms with van der Waals surface area (Å²) in [5.41, 5.74) is 6.68. The van der Waals surface area contributed by atoms with Gasteiger partial charge in [-0.05, 0) is 37.9 Å². The van der Waals surface area contributed by atoms with Crippen LogP contribution in [0.2, 0.25) is 10.0 Å². The Labute approximate surface area is 134 Å². The summed E-state index contributed by atoms with van der Waals surface area (Å²) in [7, 11) is 0. The zero-order chi connectivity index (χ0) is 15.0. The quantitative estimate of drug-likeness (QED) is 0.807. The van der Waals surface area contributed by atoms with Crippen molar-refractivity contribution in [2.24, 2.45) is 0 Å². The van der Waals surface area contributed by atoms with Gasteiger partial charge in [-0.2, -0.15) is 0 Å². The number of nitrogen functional groups attached to an aromatic ring is 1. The average Bonchev–Trinajstić information content (AvgIpc) is 2.80.